The monoisotopic (exact) mass is 440 g/mol. The lowest BCUT2D eigenvalue weighted by atomic mass is 10.3. The fraction of sp³-hybridized carbons (Fsp3) is 0.333. The molecule has 162 valence electrons. The lowest BCUT2D eigenvalue weighted by Gasteiger charge is -2.11. The topological polar surface area (TPSA) is 123 Å². The molecule has 0 unspecified atom stereocenters. The van der Waals surface area contributed by atoms with Crippen LogP contribution in [0.1, 0.15) is 6.92 Å². The number of benzene rings is 1. The Morgan fingerprint density at radius 2 is 2.13 bits per heavy atom. The Morgan fingerprint density at radius 1 is 1.35 bits per heavy atom. The number of carbonyl (C=O) groups excluding carboxylic acids is 1. The lowest BCUT2D eigenvalue weighted by Crippen LogP contribution is -2.34. The van der Waals surface area contributed by atoms with Crippen LogP contribution >= 0.6 is 11.3 Å². The van der Waals surface area contributed by atoms with Crippen LogP contribution in [0.25, 0.3) is 11.8 Å². The Labute approximate surface area is 184 Å². The number of rotatable bonds is 9. The summed E-state index contributed by atoms with van der Waals surface area (Å²) in [5.74, 6) is 0.0157. The number of likely N-dealkylation sites (N-methyl/N-ethyl adjacent to an activating group) is 1. The number of aromatic nitrogens is 1. The molecular weight excluding hydrogens is 416 g/mol. The summed E-state index contributed by atoms with van der Waals surface area (Å²) in [5.41, 5.74) is 0.223. The highest BCUT2D eigenvalue weighted by Crippen LogP contribution is 2.17. The third-order valence-electron chi connectivity index (χ3n) is 4.12. The van der Waals surface area contributed by atoms with E-state index in [2.05, 4.69) is 10.6 Å². The molecule has 31 heavy (non-hydrogen) atoms. The zero-order chi connectivity index (χ0) is 22.8. The van der Waals surface area contributed by atoms with Crippen molar-refractivity contribution in [2.45, 2.75) is 13.5 Å². The number of thiazole rings is 1. The fourth-order valence-corrected chi connectivity index (χ4v) is 3.65. The molecule has 1 amide bonds. The van der Waals surface area contributed by atoms with Gasteiger partial charge in [0.05, 0.1) is 6.07 Å². The van der Waals surface area contributed by atoms with Crippen LogP contribution in [0.4, 0.5) is 5.69 Å². The third kappa shape index (κ3) is 6.44. The maximum absolute atomic E-state index is 12.7. The van der Waals surface area contributed by atoms with Gasteiger partial charge < -0.3 is 20.3 Å². The molecule has 0 saturated carbocycles. The minimum absolute atomic E-state index is 0.199. The van der Waals surface area contributed by atoms with E-state index in [9.17, 15) is 14.9 Å². The summed E-state index contributed by atoms with van der Waals surface area (Å²) in [6, 6.07) is 11.0. The van der Waals surface area contributed by atoms with Crippen LogP contribution in [0.3, 0.4) is 0 Å². The lowest BCUT2D eigenvalue weighted by molar-refractivity contribution is -0.115. The third-order valence-corrected chi connectivity index (χ3v) is 5.25. The van der Waals surface area contributed by atoms with Gasteiger partial charge >= 0.3 is 0 Å². The van der Waals surface area contributed by atoms with Crippen molar-refractivity contribution in [2.75, 3.05) is 39.1 Å². The van der Waals surface area contributed by atoms with Crippen LogP contribution in [0.2, 0.25) is 0 Å². The molecule has 0 radical (unpaired) electrons. The first-order valence-electron chi connectivity index (χ1n) is 9.54. The van der Waals surface area contributed by atoms with E-state index in [1.54, 1.807) is 19.2 Å². The quantitative estimate of drug-likeness (QED) is 0.528. The molecule has 1 aromatic heterocycles. The van der Waals surface area contributed by atoms with Crippen molar-refractivity contribution in [1.29, 1.82) is 10.5 Å². The normalized spacial score (nSPS) is 12.1. The maximum Gasteiger partial charge on any atom is 0.270 e. The summed E-state index contributed by atoms with van der Waals surface area (Å²) < 4.78 is 7.67. The first-order chi connectivity index (χ1) is 14.9. The highest BCUT2D eigenvalue weighted by Gasteiger charge is 2.14. The Kier molecular flexibility index (Phi) is 8.82. The van der Waals surface area contributed by atoms with Gasteiger partial charge in [-0.05, 0) is 33.2 Å². The van der Waals surface area contributed by atoms with Crippen LogP contribution in [0.5, 0.6) is 5.75 Å². The standard InChI is InChI=1S/C21H24N6O3S/c1-4-27-20(29)18(31-21(27)17(13-23)19(28)24-9-8-22)14-25-15-6-5-7-16(12-15)30-11-10-26(2)3/h5-7,12,14,25H,4,9-11H2,1-3H3,(H,24,28). The van der Waals surface area contributed by atoms with Gasteiger partial charge in [-0.25, -0.2) is 0 Å². The van der Waals surface area contributed by atoms with Gasteiger partial charge in [0.15, 0.2) is 5.57 Å². The molecule has 0 saturated heterocycles. The van der Waals surface area contributed by atoms with Crippen LogP contribution < -0.4 is 30.1 Å². The van der Waals surface area contributed by atoms with E-state index in [0.29, 0.717) is 23.4 Å². The Morgan fingerprint density at radius 3 is 2.77 bits per heavy atom. The number of nitrogens with zero attached hydrogens (tertiary/aromatic N) is 4. The van der Waals surface area contributed by atoms with Gasteiger partial charge in [0.1, 0.15) is 34.2 Å². The highest BCUT2D eigenvalue weighted by molar-refractivity contribution is 7.07. The molecule has 0 fully saturated rings. The number of ether oxygens (including phenoxy) is 1. The molecule has 10 heteroatoms. The van der Waals surface area contributed by atoms with Crippen molar-refractivity contribution in [3.05, 3.63) is 43.8 Å². The number of hydrogen-bond donors (Lipinski definition) is 2. The number of nitrogens with one attached hydrogen (secondary N) is 2. The van der Waals surface area contributed by atoms with Gasteiger partial charge in [-0.3, -0.25) is 14.2 Å². The van der Waals surface area contributed by atoms with Crippen molar-refractivity contribution >= 4 is 34.7 Å². The van der Waals surface area contributed by atoms with Crippen molar-refractivity contribution in [2.24, 2.45) is 0 Å². The average molecular weight is 441 g/mol. The summed E-state index contributed by atoms with van der Waals surface area (Å²) in [4.78, 5) is 27.0. The number of anilines is 1. The number of hydrogen-bond acceptors (Lipinski definition) is 8. The molecule has 0 spiro atoms. The average Bonchev–Trinajstić information content (AvgIpc) is 3.06. The molecule has 0 aliphatic rings. The second-order valence-electron chi connectivity index (χ2n) is 6.62. The molecule has 2 aromatic rings. The first-order valence-corrected chi connectivity index (χ1v) is 10.4. The molecule has 2 rings (SSSR count). The predicted molar refractivity (Wildman–Crippen MR) is 120 cm³/mol. The van der Waals surface area contributed by atoms with Crippen LogP contribution in [0, 0.1) is 22.7 Å². The Balaban J connectivity index is 2.35. The molecular formula is C21H24N6O3S. The molecule has 0 bridgehead atoms. The van der Waals surface area contributed by atoms with E-state index in [-0.39, 0.29) is 22.3 Å². The maximum atomic E-state index is 12.7. The van der Waals surface area contributed by atoms with Crippen LogP contribution in [0.15, 0.2) is 29.1 Å². The number of nitriles is 2. The SMILES string of the molecule is CCn1c(=C(C#N)C(=O)NCC#N)sc(=CNc2cccc(OCCN(C)C)c2)c1=O. The molecule has 2 N–H and O–H groups in total. The number of carbonyl (C=O) groups is 1. The van der Waals surface area contributed by atoms with Gasteiger partial charge in [0.25, 0.3) is 11.5 Å². The van der Waals surface area contributed by atoms with E-state index >= 15 is 0 Å². The summed E-state index contributed by atoms with van der Waals surface area (Å²) >= 11 is 1.04. The van der Waals surface area contributed by atoms with Crippen LogP contribution in [-0.4, -0.2) is 49.2 Å². The Hall–Kier alpha value is -3.60. The van der Waals surface area contributed by atoms with Crippen molar-refractivity contribution < 1.29 is 9.53 Å². The predicted octanol–water partition coefficient (Wildman–Crippen LogP) is 0.0343. The fourth-order valence-electron chi connectivity index (χ4n) is 2.57. The molecule has 1 heterocycles. The summed E-state index contributed by atoms with van der Waals surface area (Å²) in [5, 5.41) is 23.5. The summed E-state index contributed by atoms with van der Waals surface area (Å²) in [6.07, 6.45) is 1.55. The molecule has 1 aromatic carbocycles. The van der Waals surface area contributed by atoms with E-state index < -0.39 is 5.91 Å². The molecule has 0 aliphatic heterocycles. The van der Waals surface area contributed by atoms with Crippen molar-refractivity contribution in [1.82, 2.24) is 14.8 Å². The Bertz CT molecular complexity index is 1180. The smallest absolute Gasteiger partial charge is 0.270 e. The zero-order valence-electron chi connectivity index (χ0n) is 17.6. The zero-order valence-corrected chi connectivity index (χ0v) is 18.5. The molecule has 0 aliphatic carbocycles. The minimum atomic E-state index is -0.686. The van der Waals surface area contributed by atoms with Gasteiger partial charge in [-0.2, -0.15) is 10.5 Å². The van der Waals surface area contributed by atoms with E-state index in [4.69, 9.17) is 10.00 Å². The van der Waals surface area contributed by atoms with E-state index in [1.165, 1.54) is 4.57 Å². The second kappa shape index (κ2) is 11.6. The molecule has 0 atom stereocenters. The van der Waals surface area contributed by atoms with Crippen LogP contribution in [-0.2, 0) is 11.3 Å². The van der Waals surface area contributed by atoms with Gasteiger partial charge in [-0.15, -0.1) is 11.3 Å². The first kappa shape index (κ1) is 23.7. The summed E-state index contributed by atoms with van der Waals surface area (Å²) in [6.45, 7) is 3.17. The van der Waals surface area contributed by atoms with E-state index in [1.807, 2.05) is 49.3 Å². The minimum Gasteiger partial charge on any atom is -0.492 e. The van der Waals surface area contributed by atoms with Gasteiger partial charge in [-0.1, -0.05) is 6.07 Å². The van der Waals surface area contributed by atoms with Crippen molar-refractivity contribution in [3.63, 3.8) is 0 Å². The second-order valence-corrected chi connectivity index (χ2v) is 7.65. The largest absolute Gasteiger partial charge is 0.492 e. The van der Waals surface area contributed by atoms with Gasteiger partial charge in [0, 0.05) is 31.0 Å². The van der Waals surface area contributed by atoms with Crippen molar-refractivity contribution in [3.8, 4) is 17.9 Å². The molecule has 9 nitrogen and oxygen atoms in total. The van der Waals surface area contributed by atoms with E-state index in [0.717, 1.165) is 23.6 Å². The summed E-state index contributed by atoms with van der Waals surface area (Å²) in [7, 11) is 3.94. The van der Waals surface area contributed by atoms with Gasteiger partial charge in [0.2, 0.25) is 0 Å². The highest BCUT2D eigenvalue weighted by atomic mass is 32.1. The number of amides is 1.